The average Bonchev–Trinajstić information content (AvgIpc) is 2.80. The molecule has 3 N–H and O–H groups in total. The standard InChI is InChI=1S/C24H27Cl2NO6/c1-2-3-19(24(31)32)27-21(14-4-8-16(25)9-5-14)22(15-6-10-17(26)11-7-15)33-20(23(27)30)12-18(29)13-28/h4-11,18-22,28-29H,2-3,12-13H2,1H3,(H,31,32)/t18-,19-,20+,21-,22+/m1/s1. The zero-order valence-electron chi connectivity index (χ0n) is 18.1. The van der Waals surface area contributed by atoms with Gasteiger partial charge in [-0.1, -0.05) is 60.8 Å². The van der Waals surface area contributed by atoms with Gasteiger partial charge in [0.2, 0.25) is 0 Å². The molecular weight excluding hydrogens is 469 g/mol. The lowest BCUT2D eigenvalue weighted by Gasteiger charge is -2.47. The molecule has 7 nitrogen and oxygen atoms in total. The number of carboxylic acids is 1. The van der Waals surface area contributed by atoms with Gasteiger partial charge >= 0.3 is 5.97 Å². The van der Waals surface area contributed by atoms with Crippen LogP contribution >= 0.6 is 23.2 Å². The van der Waals surface area contributed by atoms with Gasteiger partial charge in [0.15, 0.2) is 0 Å². The summed E-state index contributed by atoms with van der Waals surface area (Å²) in [5.74, 6) is -1.67. The first kappa shape index (κ1) is 25.5. The number of hydrogen-bond donors (Lipinski definition) is 3. The van der Waals surface area contributed by atoms with Crippen molar-refractivity contribution in [1.82, 2.24) is 4.90 Å². The summed E-state index contributed by atoms with van der Waals surface area (Å²) in [6, 6.07) is 11.9. The van der Waals surface area contributed by atoms with Crippen LogP contribution in [0.25, 0.3) is 0 Å². The van der Waals surface area contributed by atoms with Crippen molar-refractivity contribution < 1.29 is 29.6 Å². The number of carboxylic acid groups (broad SMARTS) is 1. The maximum atomic E-state index is 13.6. The molecular formula is C24H27Cl2NO6. The van der Waals surface area contributed by atoms with E-state index in [-0.39, 0.29) is 12.8 Å². The second-order valence-electron chi connectivity index (χ2n) is 8.05. The Balaban J connectivity index is 2.17. The molecule has 5 atom stereocenters. The van der Waals surface area contributed by atoms with Crippen LogP contribution in [0, 0.1) is 0 Å². The van der Waals surface area contributed by atoms with Crippen LogP contribution in [0.1, 0.15) is 49.5 Å². The Morgan fingerprint density at radius 1 is 1.06 bits per heavy atom. The number of nitrogens with zero attached hydrogens (tertiary/aromatic N) is 1. The van der Waals surface area contributed by atoms with Gasteiger partial charge in [-0.3, -0.25) is 4.79 Å². The Labute approximate surface area is 202 Å². The number of morpholine rings is 1. The number of halogens is 2. The molecule has 0 aromatic heterocycles. The van der Waals surface area contributed by atoms with Gasteiger partial charge in [0.1, 0.15) is 18.2 Å². The Bertz CT molecular complexity index is 952. The highest BCUT2D eigenvalue weighted by Crippen LogP contribution is 2.44. The highest BCUT2D eigenvalue weighted by Gasteiger charge is 2.48. The molecule has 2 aromatic rings. The van der Waals surface area contributed by atoms with E-state index in [2.05, 4.69) is 0 Å². The molecule has 1 heterocycles. The van der Waals surface area contributed by atoms with E-state index in [0.29, 0.717) is 27.6 Å². The average molecular weight is 496 g/mol. The fourth-order valence-corrected chi connectivity index (χ4v) is 4.40. The Morgan fingerprint density at radius 3 is 2.09 bits per heavy atom. The fourth-order valence-electron chi connectivity index (χ4n) is 4.15. The lowest BCUT2D eigenvalue weighted by Crippen LogP contribution is -2.57. The number of carbonyl (C=O) groups is 2. The third-order valence-corrected chi connectivity index (χ3v) is 6.22. The summed E-state index contributed by atoms with van der Waals surface area (Å²) in [5, 5.41) is 30.4. The van der Waals surface area contributed by atoms with Gasteiger partial charge < -0.3 is 25.0 Å². The van der Waals surface area contributed by atoms with Crippen molar-refractivity contribution in [3.8, 4) is 0 Å². The van der Waals surface area contributed by atoms with Gasteiger partial charge in [-0.25, -0.2) is 4.79 Å². The van der Waals surface area contributed by atoms with Crippen LogP contribution < -0.4 is 0 Å². The first-order chi connectivity index (χ1) is 15.8. The van der Waals surface area contributed by atoms with Crippen molar-refractivity contribution in [3.63, 3.8) is 0 Å². The van der Waals surface area contributed by atoms with Crippen molar-refractivity contribution in [2.24, 2.45) is 0 Å². The molecule has 1 aliphatic rings. The normalized spacial score (nSPS) is 22.8. The summed E-state index contributed by atoms with van der Waals surface area (Å²) in [7, 11) is 0. The van der Waals surface area contributed by atoms with Crippen LogP contribution in [0.15, 0.2) is 48.5 Å². The summed E-state index contributed by atoms with van der Waals surface area (Å²) in [5.41, 5.74) is 1.36. The number of rotatable bonds is 9. The van der Waals surface area contributed by atoms with E-state index in [9.17, 15) is 24.9 Å². The van der Waals surface area contributed by atoms with Gasteiger partial charge in [0.25, 0.3) is 5.91 Å². The van der Waals surface area contributed by atoms with E-state index in [1.165, 1.54) is 4.90 Å². The Kier molecular flexibility index (Phi) is 8.73. The van der Waals surface area contributed by atoms with E-state index in [1.54, 1.807) is 48.5 Å². The Morgan fingerprint density at radius 2 is 1.61 bits per heavy atom. The number of amides is 1. The highest BCUT2D eigenvalue weighted by molar-refractivity contribution is 6.30. The molecule has 178 valence electrons. The van der Waals surface area contributed by atoms with Crippen LogP contribution in [0.3, 0.4) is 0 Å². The largest absolute Gasteiger partial charge is 0.480 e. The number of aliphatic hydroxyl groups excluding tert-OH is 2. The smallest absolute Gasteiger partial charge is 0.326 e. The number of ether oxygens (including phenoxy) is 1. The number of aliphatic hydroxyl groups is 2. The fraction of sp³-hybridized carbons (Fsp3) is 0.417. The molecule has 0 unspecified atom stereocenters. The summed E-state index contributed by atoms with van der Waals surface area (Å²) < 4.78 is 6.20. The summed E-state index contributed by atoms with van der Waals surface area (Å²) in [6.45, 7) is 1.30. The molecule has 1 fully saturated rings. The molecule has 1 aliphatic heterocycles. The van der Waals surface area contributed by atoms with Gasteiger partial charge in [-0.2, -0.15) is 0 Å². The molecule has 2 aromatic carbocycles. The number of benzene rings is 2. The van der Waals surface area contributed by atoms with Gasteiger partial charge in [-0.05, 0) is 41.8 Å². The molecule has 0 bridgehead atoms. The van der Waals surface area contributed by atoms with E-state index >= 15 is 0 Å². The lowest BCUT2D eigenvalue weighted by molar-refractivity contribution is -0.188. The van der Waals surface area contributed by atoms with Crippen molar-refractivity contribution in [2.45, 2.75) is 56.6 Å². The third-order valence-electron chi connectivity index (χ3n) is 5.72. The summed E-state index contributed by atoms with van der Waals surface area (Å²) in [4.78, 5) is 27.2. The van der Waals surface area contributed by atoms with E-state index in [1.807, 2.05) is 6.92 Å². The highest BCUT2D eigenvalue weighted by atomic mass is 35.5. The first-order valence-electron chi connectivity index (χ1n) is 10.8. The maximum absolute atomic E-state index is 13.6. The molecule has 0 radical (unpaired) electrons. The monoisotopic (exact) mass is 495 g/mol. The topological polar surface area (TPSA) is 107 Å². The predicted octanol–water partition coefficient (Wildman–Crippen LogP) is 4.00. The lowest BCUT2D eigenvalue weighted by atomic mass is 9.89. The third kappa shape index (κ3) is 5.86. The summed E-state index contributed by atoms with van der Waals surface area (Å²) >= 11 is 12.1. The van der Waals surface area contributed by atoms with Crippen molar-refractivity contribution in [2.75, 3.05) is 6.61 Å². The number of carbonyl (C=O) groups excluding carboxylic acids is 1. The van der Waals surface area contributed by atoms with Crippen LogP contribution in [0.5, 0.6) is 0 Å². The van der Waals surface area contributed by atoms with E-state index in [4.69, 9.17) is 27.9 Å². The molecule has 0 aliphatic carbocycles. The minimum Gasteiger partial charge on any atom is -0.480 e. The van der Waals surface area contributed by atoms with Crippen LogP contribution in [-0.2, 0) is 14.3 Å². The minimum absolute atomic E-state index is 0.165. The molecule has 3 rings (SSSR count). The van der Waals surface area contributed by atoms with Crippen molar-refractivity contribution in [1.29, 1.82) is 0 Å². The number of aliphatic carboxylic acids is 1. The molecule has 0 saturated carbocycles. The summed E-state index contributed by atoms with van der Waals surface area (Å²) in [6.07, 6.45) is -2.43. The quantitative estimate of drug-likeness (QED) is 0.485. The molecule has 0 spiro atoms. The van der Waals surface area contributed by atoms with E-state index < -0.39 is 48.9 Å². The van der Waals surface area contributed by atoms with Crippen molar-refractivity contribution in [3.05, 3.63) is 69.7 Å². The SMILES string of the molecule is CCC[C@H](C(=O)O)N1C(=O)[C@H](C[C@@H](O)CO)O[C@@H](c2ccc(Cl)cc2)[C@H]1c1ccc(Cl)cc1. The first-order valence-corrected chi connectivity index (χ1v) is 11.5. The zero-order chi connectivity index (χ0) is 24.1. The van der Waals surface area contributed by atoms with Gasteiger partial charge in [-0.15, -0.1) is 0 Å². The predicted molar refractivity (Wildman–Crippen MR) is 124 cm³/mol. The van der Waals surface area contributed by atoms with Crippen LogP contribution in [0.4, 0.5) is 0 Å². The molecule has 1 saturated heterocycles. The van der Waals surface area contributed by atoms with Gasteiger partial charge in [0.05, 0.1) is 18.8 Å². The number of hydrogen-bond acceptors (Lipinski definition) is 5. The minimum atomic E-state index is -1.19. The van der Waals surface area contributed by atoms with Gasteiger partial charge in [0, 0.05) is 16.5 Å². The molecule has 33 heavy (non-hydrogen) atoms. The van der Waals surface area contributed by atoms with Crippen LogP contribution in [0.2, 0.25) is 10.0 Å². The van der Waals surface area contributed by atoms with Crippen LogP contribution in [-0.4, -0.2) is 57.0 Å². The van der Waals surface area contributed by atoms with E-state index in [0.717, 1.165) is 0 Å². The molecule has 1 amide bonds. The maximum Gasteiger partial charge on any atom is 0.326 e. The second kappa shape index (κ2) is 11.3. The van der Waals surface area contributed by atoms with Crippen molar-refractivity contribution >= 4 is 35.1 Å². The Hall–Kier alpha value is -2.16. The zero-order valence-corrected chi connectivity index (χ0v) is 19.6. The molecule has 9 heteroatoms. The second-order valence-corrected chi connectivity index (χ2v) is 8.93.